The number of carbonyl (C=O) groups is 1. The molecule has 18 heavy (non-hydrogen) atoms. The highest BCUT2D eigenvalue weighted by molar-refractivity contribution is 8.01. The van der Waals surface area contributed by atoms with Crippen LogP contribution < -0.4 is 10.2 Å². The molecule has 1 saturated heterocycles. The van der Waals surface area contributed by atoms with Gasteiger partial charge in [-0.05, 0) is 38.0 Å². The summed E-state index contributed by atoms with van der Waals surface area (Å²) in [5, 5.41) is 2.94. The molecule has 4 heteroatoms. The molecule has 1 unspecified atom stereocenters. The Labute approximate surface area is 113 Å². The maximum atomic E-state index is 11.5. The summed E-state index contributed by atoms with van der Waals surface area (Å²) >= 11 is 1.69. The van der Waals surface area contributed by atoms with Gasteiger partial charge >= 0.3 is 0 Å². The van der Waals surface area contributed by atoms with Gasteiger partial charge in [0.1, 0.15) is 0 Å². The van der Waals surface area contributed by atoms with Crippen LogP contribution in [0, 0.1) is 0 Å². The Morgan fingerprint density at radius 2 is 1.94 bits per heavy atom. The summed E-state index contributed by atoms with van der Waals surface area (Å²) in [6, 6.07) is 8.58. The van der Waals surface area contributed by atoms with Crippen molar-refractivity contribution in [1.29, 1.82) is 0 Å². The van der Waals surface area contributed by atoms with Gasteiger partial charge in [-0.15, -0.1) is 11.8 Å². The molecule has 1 N–H and O–H groups in total. The van der Waals surface area contributed by atoms with Gasteiger partial charge in [-0.3, -0.25) is 4.79 Å². The van der Waals surface area contributed by atoms with E-state index in [4.69, 9.17) is 0 Å². The zero-order valence-electron chi connectivity index (χ0n) is 11.0. The van der Waals surface area contributed by atoms with E-state index in [1.165, 1.54) is 11.3 Å². The molecule has 0 saturated carbocycles. The zero-order valence-corrected chi connectivity index (χ0v) is 11.8. The van der Waals surface area contributed by atoms with Gasteiger partial charge in [-0.25, -0.2) is 0 Å². The number of benzene rings is 1. The second-order valence-corrected chi connectivity index (χ2v) is 5.57. The van der Waals surface area contributed by atoms with E-state index in [-0.39, 0.29) is 11.2 Å². The van der Waals surface area contributed by atoms with Crippen LogP contribution in [0.2, 0.25) is 0 Å². The highest BCUT2D eigenvalue weighted by atomic mass is 32.2. The van der Waals surface area contributed by atoms with E-state index in [1.54, 1.807) is 11.8 Å². The van der Waals surface area contributed by atoms with Gasteiger partial charge in [-0.1, -0.05) is 12.1 Å². The molecule has 0 radical (unpaired) electrons. The molecule has 2 rings (SSSR count). The summed E-state index contributed by atoms with van der Waals surface area (Å²) in [5.74, 6) is 0.925. The number of nitrogens with one attached hydrogen (secondary N) is 1. The van der Waals surface area contributed by atoms with E-state index in [2.05, 4.69) is 48.3 Å². The number of amides is 1. The lowest BCUT2D eigenvalue weighted by atomic mass is 10.1. The predicted octanol–water partition coefficient (Wildman–Crippen LogP) is 2.26. The minimum Gasteiger partial charge on any atom is -0.372 e. The van der Waals surface area contributed by atoms with Crippen LogP contribution in [-0.2, 0) is 11.2 Å². The van der Waals surface area contributed by atoms with Crippen molar-refractivity contribution in [2.45, 2.75) is 25.5 Å². The number of nitrogens with zero attached hydrogens (tertiary/aromatic N) is 1. The summed E-state index contributed by atoms with van der Waals surface area (Å²) in [7, 11) is 0. The fraction of sp³-hybridized carbons (Fsp3) is 0.500. The lowest BCUT2D eigenvalue weighted by Gasteiger charge is -2.21. The van der Waals surface area contributed by atoms with Crippen molar-refractivity contribution < 1.29 is 4.79 Å². The fourth-order valence-electron chi connectivity index (χ4n) is 2.20. The summed E-state index contributed by atoms with van der Waals surface area (Å²) in [5.41, 5.74) is 2.49. The van der Waals surface area contributed by atoms with Crippen molar-refractivity contribution >= 4 is 23.4 Å². The van der Waals surface area contributed by atoms with Crippen molar-refractivity contribution in [2.75, 3.05) is 23.9 Å². The molecule has 1 amide bonds. The van der Waals surface area contributed by atoms with E-state index in [9.17, 15) is 4.79 Å². The number of thioether (sulfide) groups is 1. The van der Waals surface area contributed by atoms with Crippen molar-refractivity contribution in [1.82, 2.24) is 5.32 Å². The van der Waals surface area contributed by atoms with Gasteiger partial charge in [-0.2, -0.15) is 0 Å². The molecule has 1 aromatic rings. The molecule has 1 aliphatic rings. The number of anilines is 1. The highest BCUT2D eigenvalue weighted by Crippen LogP contribution is 2.22. The molecular formula is C14H20N2OS. The molecular weight excluding hydrogens is 244 g/mol. The normalized spacial score (nSPS) is 18.8. The Morgan fingerprint density at radius 1 is 1.28 bits per heavy atom. The molecule has 1 fully saturated rings. The minimum absolute atomic E-state index is 0.0873. The Kier molecular flexibility index (Phi) is 4.53. The first-order valence-electron chi connectivity index (χ1n) is 6.47. The molecule has 0 aromatic heterocycles. The first-order chi connectivity index (χ1) is 8.74. The number of rotatable bonds is 5. The molecule has 0 aliphatic carbocycles. The molecule has 1 heterocycles. The summed E-state index contributed by atoms with van der Waals surface area (Å²) in [6.07, 6.45) is 0.828. The molecule has 0 spiro atoms. The third kappa shape index (κ3) is 2.99. The summed E-state index contributed by atoms with van der Waals surface area (Å²) in [4.78, 5) is 13.8. The van der Waals surface area contributed by atoms with Gasteiger partial charge in [0.05, 0.1) is 11.1 Å². The third-order valence-electron chi connectivity index (χ3n) is 3.31. The van der Waals surface area contributed by atoms with Crippen molar-refractivity contribution in [3.05, 3.63) is 29.8 Å². The van der Waals surface area contributed by atoms with Crippen LogP contribution in [0.1, 0.15) is 19.4 Å². The Morgan fingerprint density at radius 3 is 2.44 bits per heavy atom. The van der Waals surface area contributed by atoms with Crippen LogP contribution in [0.3, 0.4) is 0 Å². The first-order valence-corrected chi connectivity index (χ1v) is 7.52. The van der Waals surface area contributed by atoms with Gasteiger partial charge in [0.2, 0.25) is 5.91 Å². The number of hydrogen-bond donors (Lipinski definition) is 1. The van der Waals surface area contributed by atoms with Crippen molar-refractivity contribution in [3.8, 4) is 0 Å². The SMILES string of the molecule is CCN(CC)c1ccc(CC2SCNC2=O)cc1. The second-order valence-electron chi connectivity index (χ2n) is 4.38. The lowest BCUT2D eigenvalue weighted by Crippen LogP contribution is -2.24. The smallest absolute Gasteiger partial charge is 0.234 e. The van der Waals surface area contributed by atoms with Gasteiger partial charge in [0.15, 0.2) is 0 Å². The van der Waals surface area contributed by atoms with E-state index >= 15 is 0 Å². The van der Waals surface area contributed by atoms with Gasteiger partial charge in [0.25, 0.3) is 0 Å². The maximum Gasteiger partial charge on any atom is 0.234 e. The topological polar surface area (TPSA) is 32.3 Å². The van der Waals surface area contributed by atoms with Crippen LogP contribution >= 0.6 is 11.8 Å². The predicted molar refractivity (Wildman–Crippen MR) is 78.1 cm³/mol. The number of carbonyl (C=O) groups excluding carboxylic acids is 1. The molecule has 98 valence electrons. The van der Waals surface area contributed by atoms with Gasteiger partial charge in [0, 0.05) is 18.8 Å². The quantitative estimate of drug-likeness (QED) is 0.885. The first kappa shape index (κ1) is 13.3. The van der Waals surface area contributed by atoms with E-state index < -0.39 is 0 Å². The molecule has 0 bridgehead atoms. The van der Waals surface area contributed by atoms with Crippen LogP contribution in [0.5, 0.6) is 0 Å². The van der Waals surface area contributed by atoms with Crippen LogP contribution in [0.15, 0.2) is 24.3 Å². The van der Waals surface area contributed by atoms with Crippen LogP contribution in [0.25, 0.3) is 0 Å². The zero-order chi connectivity index (χ0) is 13.0. The van der Waals surface area contributed by atoms with Gasteiger partial charge < -0.3 is 10.2 Å². The van der Waals surface area contributed by atoms with Crippen molar-refractivity contribution in [3.63, 3.8) is 0 Å². The Balaban J connectivity index is 2.01. The Hall–Kier alpha value is -1.16. The molecule has 3 nitrogen and oxygen atoms in total. The molecule has 1 aliphatic heterocycles. The average Bonchev–Trinajstić information content (AvgIpc) is 2.79. The third-order valence-corrected chi connectivity index (χ3v) is 4.40. The highest BCUT2D eigenvalue weighted by Gasteiger charge is 2.24. The minimum atomic E-state index is 0.0873. The molecule has 1 aromatic carbocycles. The van der Waals surface area contributed by atoms with E-state index in [1.807, 2.05) is 0 Å². The largest absolute Gasteiger partial charge is 0.372 e. The van der Waals surface area contributed by atoms with Crippen LogP contribution in [-0.4, -0.2) is 30.1 Å². The van der Waals surface area contributed by atoms with E-state index in [0.29, 0.717) is 0 Å². The molecule has 1 atom stereocenters. The summed E-state index contributed by atoms with van der Waals surface area (Å²) in [6.45, 7) is 6.38. The van der Waals surface area contributed by atoms with Crippen LogP contribution in [0.4, 0.5) is 5.69 Å². The monoisotopic (exact) mass is 264 g/mol. The average molecular weight is 264 g/mol. The second kappa shape index (κ2) is 6.14. The fourth-order valence-corrected chi connectivity index (χ4v) is 3.17. The summed E-state index contributed by atoms with van der Waals surface area (Å²) < 4.78 is 0. The van der Waals surface area contributed by atoms with E-state index in [0.717, 1.165) is 25.4 Å². The Bertz CT molecular complexity index is 401. The maximum absolute atomic E-state index is 11.5. The van der Waals surface area contributed by atoms with Crippen molar-refractivity contribution in [2.24, 2.45) is 0 Å². The lowest BCUT2D eigenvalue weighted by molar-refractivity contribution is -0.119. The number of hydrogen-bond acceptors (Lipinski definition) is 3. The standard InChI is InChI=1S/C14H20N2OS/c1-3-16(4-2)12-7-5-11(6-8-12)9-13-14(17)15-10-18-13/h5-8,13H,3-4,9-10H2,1-2H3,(H,15,17).